The highest BCUT2D eigenvalue weighted by Crippen LogP contribution is 2.36. The lowest BCUT2D eigenvalue weighted by atomic mass is 10.1. The van der Waals surface area contributed by atoms with Crippen LogP contribution in [0.2, 0.25) is 5.02 Å². The van der Waals surface area contributed by atoms with Gasteiger partial charge in [-0.2, -0.15) is 0 Å². The highest BCUT2D eigenvalue weighted by molar-refractivity contribution is 6.33. The molecule has 0 unspecified atom stereocenters. The van der Waals surface area contributed by atoms with E-state index in [1.807, 2.05) is 6.07 Å². The molecule has 1 aliphatic heterocycles. The molecule has 2 aromatic rings. The summed E-state index contributed by atoms with van der Waals surface area (Å²) in [6.45, 7) is 1.81. The summed E-state index contributed by atoms with van der Waals surface area (Å²) in [5, 5.41) is 14.7. The SMILES string of the molecule is Oc1c(Cl)ccc2[nH]c3c(c12)CNCCC3. The second kappa shape index (κ2) is 3.68. The van der Waals surface area contributed by atoms with E-state index in [1.54, 1.807) is 6.07 Å². The van der Waals surface area contributed by atoms with Gasteiger partial charge in [-0.15, -0.1) is 0 Å². The number of aryl methyl sites for hydroxylation is 1. The summed E-state index contributed by atoms with van der Waals surface area (Å²) in [5.74, 6) is 0.195. The molecule has 3 rings (SSSR count). The highest BCUT2D eigenvalue weighted by Gasteiger charge is 2.17. The molecule has 16 heavy (non-hydrogen) atoms. The van der Waals surface area contributed by atoms with Crippen LogP contribution in [0.1, 0.15) is 17.7 Å². The van der Waals surface area contributed by atoms with Crippen molar-refractivity contribution >= 4 is 22.5 Å². The smallest absolute Gasteiger partial charge is 0.143 e. The minimum atomic E-state index is 0.195. The third-order valence-electron chi connectivity index (χ3n) is 3.16. The molecule has 0 spiro atoms. The van der Waals surface area contributed by atoms with Crippen molar-refractivity contribution in [1.29, 1.82) is 0 Å². The molecule has 3 N–H and O–H groups in total. The number of aromatic amines is 1. The minimum absolute atomic E-state index is 0.195. The Morgan fingerprint density at radius 3 is 3.06 bits per heavy atom. The number of aromatic nitrogens is 1. The minimum Gasteiger partial charge on any atom is -0.506 e. The zero-order chi connectivity index (χ0) is 11.1. The van der Waals surface area contributed by atoms with Gasteiger partial charge in [0.15, 0.2) is 0 Å². The van der Waals surface area contributed by atoms with Crippen LogP contribution >= 0.6 is 11.6 Å². The van der Waals surface area contributed by atoms with E-state index < -0.39 is 0 Å². The van der Waals surface area contributed by atoms with Crippen LogP contribution in [-0.2, 0) is 13.0 Å². The molecule has 1 aliphatic rings. The summed E-state index contributed by atoms with van der Waals surface area (Å²) in [4.78, 5) is 3.37. The maximum absolute atomic E-state index is 10.0. The number of rotatable bonds is 0. The van der Waals surface area contributed by atoms with Crippen molar-refractivity contribution in [2.45, 2.75) is 19.4 Å². The lowest BCUT2D eigenvalue weighted by Gasteiger charge is -2.03. The number of H-pyrrole nitrogens is 1. The van der Waals surface area contributed by atoms with Crippen LogP contribution in [0.25, 0.3) is 10.9 Å². The van der Waals surface area contributed by atoms with Crippen molar-refractivity contribution in [2.24, 2.45) is 0 Å². The van der Waals surface area contributed by atoms with Gasteiger partial charge in [-0.25, -0.2) is 0 Å². The summed E-state index contributed by atoms with van der Waals surface area (Å²) in [5.41, 5.74) is 3.35. The Labute approximate surface area is 98.4 Å². The van der Waals surface area contributed by atoms with Crippen molar-refractivity contribution in [3.05, 3.63) is 28.4 Å². The second-order valence-electron chi connectivity index (χ2n) is 4.18. The number of hydrogen-bond donors (Lipinski definition) is 3. The summed E-state index contributed by atoms with van der Waals surface area (Å²) in [6, 6.07) is 3.65. The van der Waals surface area contributed by atoms with Gasteiger partial charge in [0, 0.05) is 23.1 Å². The Bertz CT molecular complexity index is 547. The van der Waals surface area contributed by atoms with Gasteiger partial charge in [0.2, 0.25) is 0 Å². The van der Waals surface area contributed by atoms with E-state index in [0.29, 0.717) is 5.02 Å². The zero-order valence-corrected chi connectivity index (χ0v) is 9.56. The van der Waals surface area contributed by atoms with Crippen LogP contribution in [0.4, 0.5) is 0 Å². The molecular weight excluding hydrogens is 224 g/mol. The Morgan fingerprint density at radius 2 is 2.19 bits per heavy atom. The number of nitrogens with one attached hydrogen (secondary N) is 2. The van der Waals surface area contributed by atoms with E-state index >= 15 is 0 Å². The largest absolute Gasteiger partial charge is 0.506 e. The van der Waals surface area contributed by atoms with Crippen LogP contribution in [0.15, 0.2) is 12.1 Å². The molecule has 0 radical (unpaired) electrons. The van der Waals surface area contributed by atoms with E-state index in [4.69, 9.17) is 11.6 Å². The molecular formula is C12H13ClN2O. The Hall–Kier alpha value is -1.19. The first-order chi connectivity index (χ1) is 7.77. The standard InChI is InChI=1S/C12H13ClN2O/c13-8-3-4-10-11(12(8)16)7-6-14-5-1-2-9(7)15-10/h3-4,14-16H,1-2,5-6H2. The first-order valence-electron chi connectivity index (χ1n) is 5.49. The number of fused-ring (bicyclic) bond motifs is 3. The monoisotopic (exact) mass is 236 g/mol. The Morgan fingerprint density at radius 1 is 1.31 bits per heavy atom. The van der Waals surface area contributed by atoms with E-state index in [-0.39, 0.29) is 5.75 Å². The van der Waals surface area contributed by atoms with Gasteiger partial charge in [0.1, 0.15) is 5.75 Å². The van der Waals surface area contributed by atoms with Crippen LogP contribution in [0.3, 0.4) is 0 Å². The molecule has 4 heteroatoms. The molecule has 3 nitrogen and oxygen atoms in total. The predicted octanol–water partition coefficient (Wildman–Crippen LogP) is 2.56. The predicted molar refractivity (Wildman–Crippen MR) is 65.0 cm³/mol. The molecule has 1 aromatic heterocycles. The van der Waals surface area contributed by atoms with Gasteiger partial charge in [0.25, 0.3) is 0 Å². The van der Waals surface area contributed by atoms with Crippen LogP contribution < -0.4 is 5.32 Å². The summed E-state index contributed by atoms with van der Waals surface area (Å²) < 4.78 is 0. The average molecular weight is 237 g/mol. The van der Waals surface area contributed by atoms with Crippen molar-refractivity contribution in [3.8, 4) is 5.75 Å². The van der Waals surface area contributed by atoms with E-state index in [9.17, 15) is 5.11 Å². The maximum Gasteiger partial charge on any atom is 0.143 e. The third kappa shape index (κ3) is 1.39. The Kier molecular flexibility index (Phi) is 2.30. The molecule has 0 aliphatic carbocycles. The highest BCUT2D eigenvalue weighted by atomic mass is 35.5. The average Bonchev–Trinajstić information content (AvgIpc) is 2.47. The summed E-state index contributed by atoms with van der Waals surface area (Å²) in [7, 11) is 0. The maximum atomic E-state index is 10.0. The summed E-state index contributed by atoms with van der Waals surface area (Å²) >= 11 is 5.94. The fraction of sp³-hybridized carbons (Fsp3) is 0.333. The van der Waals surface area contributed by atoms with Crippen LogP contribution in [0, 0.1) is 0 Å². The van der Waals surface area contributed by atoms with Crippen LogP contribution in [0.5, 0.6) is 5.75 Å². The molecule has 0 amide bonds. The first-order valence-corrected chi connectivity index (χ1v) is 5.87. The molecule has 0 fully saturated rings. The number of benzene rings is 1. The number of phenols is 1. The van der Waals surface area contributed by atoms with Crippen molar-refractivity contribution < 1.29 is 5.11 Å². The lowest BCUT2D eigenvalue weighted by Crippen LogP contribution is -2.11. The Balaban J connectivity index is 2.31. The van der Waals surface area contributed by atoms with Gasteiger partial charge in [-0.3, -0.25) is 0 Å². The van der Waals surface area contributed by atoms with Gasteiger partial charge in [-0.05, 0) is 37.1 Å². The van der Waals surface area contributed by atoms with E-state index in [2.05, 4.69) is 10.3 Å². The number of hydrogen-bond acceptors (Lipinski definition) is 2. The molecule has 0 saturated heterocycles. The quantitative estimate of drug-likeness (QED) is 0.659. The molecule has 1 aromatic carbocycles. The van der Waals surface area contributed by atoms with Crippen molar-refractivity contribution in [1.82, 2.24) is 10.3 Å². The summed E-state index contributed by atoms with van der Waals surface area (Å²) in [6.07, 6.45) is 2.14. The normalized spacial score (nSPS) is 16.1. The molecule has 84 valence electrons. The van der Waals surface area contributed by atoms with E-state index in [0.717, 1.165) is 42.4 Å². The molecule has 2 heterocycles. The number of phenolic OH excluding ortho intramolecular Hbond substituents is 1. The lowest BCUT2D eigenvalue weighted by molar-refractivity contribution is 0.481. The van der Waals surface area contributed by atoms with Crippen molar-refractivity contribution in [2.75, 3.05) is 6.54 Å². The fourth-order valence-electron chi connectivity index (χ4n) is 2.38. The van der Waals surface area contributed by atoms with Gasteiger partial charge < -0.3 is 15.4 Å². The second-order valence-corrected chi connectivity index (χ2v) is 4.59. The van der Waals surface area contributed by atoms with Gasteiger partial charge in [0.05, 0.1) is 5.02 Å². The third-order valence-corrected chi connectivity index (χ3v) is 3.47. The first kappa shape index (κ1) is 10.00. The number of halogens is 1. The topological polar surface area (TPSA) is 48.0 Å². The molecule has 0 atom stereocenters. The zero-order valence-electron chi connectivity index (χ0n) is 8.81. The van der Waals surface area contributed by atoms with Gasteiger partial charge in [-0.1, -0.05) is 11.6 Å². The van der Waals surface area contributed by atoms with E-state index in [1.165, 1.54) is 5.69 Å². The van der Waals surface area contributed by atoms with Crippen molar-refractivity contribution in [3.63, 3.8) is 0 Å². The molecule has 0 saturated carbocycles. The van der Waals surface area contributed by atoms with Gasteiger partial charge >= 0.3 is 0 Å². The van der Waals surface area contributed by atoms with Crippen LogP contribution in [-0.4, -0.2) is 16.6 Å². The fourth-order valence-corrected chi connectivity index (χ4v) is 2.53. The molecule has 0 bridgehead atoms. The number of aromatic hydroxyl groups is 1.